The number of thioether (sulfide) groups is 1. The third-order valence-corrected chi connectivity index (χ3v) is 4.35. The number of aromatic nitrogens is 1. The number of hydrogen-bond donors (Lipinski definition) is 2. The predicted octanol–water partition coefficient (Wildman–Crippen LogP) is 3.67. The summed E-state index contributed by atoms with van der Waals surface area (Å²) < 4.78 is 5.65. The topological polar surface area (TPSA) is 80.3 Å². The van der Waals surface area contributed by atoms with Crippen LogP contribution in [0.2, 0.25) is 0 Å². The Hall–Kier alpha value is -3.32. The van der Waals surface area contributed by atoms with Gasteiger partial charge in [-0.2, -0.15) is 0 Å². The Balaban J connectivity index is 1.57. The average molecular weight is 379 g/mol. The van der Waals surface area contributed by atoms with Crippen molar-refractivity contribution in [1.29, 1.82) is 0 Å². The van der Waals surface area contributed by atoms with Gasteiger partial charge in [-0.15, -0.1) is 11.8 Å². The molecule has 0 atom stereocenters. The molecule has 0 spiro atoms. The number of pyridine rings is 1. The second-order valence-electron chi connectivity index (χ2n) is 5.45. The van der Waals surface area contributed by atoms with Crippen LogP contribution in [0.15, 0.2) is 78.0 Å². The van der Waals surface area contributed by atoms with Gasteiger partial charge in [0.1, 0.15) is 11.5 Å². The predicted molar refractivity (Wildman–Crippen MR) is 104 cm³/mol. The zero-order valence-electron chi connectivity index (χ0n) is 14.5. The zero-order chi connectivity index (χ0) is 19.1. The van der Waals surface area contributed by atoms with Crippen molar-refractivity contribution >= 4 is 23.6 Å². The molecule has 0 saturated heterocycles. The monoisotopic (exact) mass is 379 g/mol. The van der Waals surface area contributed by atoms with E-state index in [2.05, 4.69) is 15.8 Å². The summed E-state index contributed by atoms with van der Waals surface area (Å²) in [6.45, 7) is 0. The molecular weight excluding hydrogens is 362 g/mol. The molecule has 0 saturated carbocycles. The highest BCUT2D eigenvalue weighted by atomic mass is 32.2. The molecule has 0 aliphatic heterocycles. The number of ether oxygens (including phenoxy) is 1. The normalized spacial score (nSPS) is 10.1. The van der Waals surface area contributed by atoms with E-state index in [1.54, 1.807) is 78.8 Å². The Morgan fingerprint density at radius 3 is 2.15 bits per heavy atom. The lowest BCUT2D eigenvalue weighted by molar-refractivity contribution is 0.0846. The Labute approximate surface area is 160 Å². The minimum Gasteiger partial charge on any atom is -0.457 e. The number of rotatable bonds is 5. The van der Waals surface area contributed by atoms with Crippen molar-refractivity contribution in [3.8, 4) is 11.5 Å². The maximum atomic E-state index is 12.2. The third kappa shape index (κ3) is 5.08. The van der Waals surface area contributed by atoms with Gasteiger partial charge in [-0.1, -0.05) is 6.07 Å². The first-order chi connectivity index (χ1) is 13.2. The number of benzene rings is 2. The summed E-state index contributed by atoms with van der Waals surface area (Å²) in [5, 5.41) is 0. The molecule has 2 amide bonds. The molecule has 0 radical (unpaired) electrons. The molecule has 3 rings (SSSR count). The summed E-state index contributed by atoms with van der Waals surface area (Å²) in [6.07, 6.45) is 5.20. The molecule has 0 bridgehead atoms. The lowest BCUT2D eigenvalue weighted by Gasteiger charge is -2.09. The number of hydrazine groups is 1. The number of carbonyl (C=O) groups is 2. The van der Waals surface area contributed by atoms with Crippen molar-refractivity contribution < 1.29 is 14.3 Å². The minimum atomic E-state index is -0.417. The summed E-state index contributed by atoms with van der Waals surface area (Å²) in [7, 11) is 0. The highest BCUT2D eigenvalue weighted by Crippen LogP contribution is 2.20. The van der Waals surface area contributed by atoms with Crippen LogP contribution in [0, 0.1) is 0 Å². The van der Waals surface area contributed by atoms with E-state index >= 15 is 0 Å². The Morgan fingerprint density at radius 1 is 0.852 bits per heavy atom. The van der Waals surface area contributed by atoms with Crippen LogP contribution in [0.5, 0.6) is 11.5 Å². The molecule has 27 heavy (non-hydrogen) atoms. The van der Waals surface area contributed by atoms with Gasteiger partial charge in [0, 0.05) is 28.4 Å². The molecule has 0 fully saturated rings. The lowest BCUT2D eigenvalue weighted by Crippen LogP contribution is -2.41. The summed E-state index contributed by atoms with van der Waals surface area (Å²) >= 11 is 1.54. The van der Waals surface area contributed by atoms with Crippen molar-refractivity contribution in [3.05, 3.63) is 84.2 Å². The molecule has 1 heterocycles. The van der Waals surface area contributed by atoms with Gasteiger partial charge in [0.15, 0.2) is 0 Å². The number of nitrogens with zero attached hydrogens (tertiary/aromatic N) is 1. The fraction of sp³-hybridized carbons (Fsp3) is 0.0500. The quantitative estimate of drug-likeness (QED) is 0.522. The SMILES string of the molecule is CSc1cccc(C(=O)NNC(=O)c2ccc(Oc3ccncc3)cc2)c1. The summed E-state index contributed by atoms with van der Waals surface area (Å²) in [5.41, 5.74) is 5.70. The highest BCUT2D eigenvalue weighted by Gasteiger charge is 2.10. The van der Waals surface area contributed by atoms with Crippen LogP contribution in [0.1, 0.15) is 20.7 Å². The maximum Gasteiger partial charge on any atom is 0.269 e. The molecule has 6 nitrogen and oxygen atoms in total. The second kappa shape index (κ2) is 8.86. The molecule has 0 unspecified atom stereocenters. The molecule has 0 aliphatic carbocycles. The van der Waals surface area contributed by atoms with Crippen LogP contribution in [-0.2, 0) is 0 Å². The number of hydrogen-bond acceptors (Lipinski definition) is 5. The standard InChI is InChI=1S/C20H17N3O3S/c1-27-18-4-2-3-15(13-18)20(25)23-22-19(24)14-5-7-16(8-6-14)26-17-9-11-21-12-10-17/h2-13H,1H3,(H,22,24)(H,23,25). The number of carbonyl (C=O) groups excluding carboxylic acids is 2. The molecule has 0 aliphatic rings. The molecule has 2 N–H and O–H groups in total. The summed E-state index contributed by atoms with van der Waals surface area (Å²) in [6, 6.07) is 17.2. The van der Waals surface area contributed by atoms with Crippen molar-refractivity contribution in [2.75, 3.05) is 6.26 Å². The van der Waals surface area contributed by atoms with Crippen LogP contribution in [0.4, 0.5) is 0 Å². The zero-order valence-corrected chi connectivity index (χ0v) is 15.3. The molecule has 136 valence electrons. The fourth-order valence-electron chi connectivity index (χ4n) is 2.24. The molecule has 2 aromatic carbocycles. The van der Waals surface area contributed by atoms with Gasteiger partial charge in [0.25, 0.3) is 11.8 Å². The molecule has 1 aromatic heterocycles. The summed E-state index contributed by atoms with van der Waals surface area (Å²) in [4.78, 5) is 29.2. The minimum absolute atomic E-state index is 0.378. The van der Waals surface area contributed by atoms with E-state index in [4.69, 9.17) is 4.74 Å². The van der Waals surface area contributed by atoms with Crippen LogP contribution in [-0.4, -0.2) is 23.1 Å². The Morgan fingerprint density at radius 2 is 1.48 bits per heavy atom. The van der Waals surface area contributed by atoms with E-state index in [9.17, 15) is 9.59 Å². The lowest BCUT2D eigenvalue weighted by atomic mass is 10.2. The maximum absolute atomic E-state index is 12.2. The average Bonchev–Trinajstić information content (AvgIpc) is 2.73. The van der Waals surface area contributed by atoms with Gasteiger partial charge in [-0.05, 0) is 60.9 Å². The van der Waals surface area contributed by atoms with Gasteiger partial charge in [0.05, 0.1) is 0 Å². The van der Waals surface area contributed by atoms with Crippen molar-refractivity contribution in [3.63, 3.8) is 0 Å². The second-order valence-corrected chi connectivity index (χ2v) is 6.33. The van der Waals surface area contributed by atoms with Gasteiger partial charge in [0.2, 0.25) is 0 Å². The Bertz CT molecular complexity index is 931. The highest BCUT2D eigenvalue weighted by molar-refractivity contribution is 7.98. The number of amides is 2. The van der Waals surface area contributed by atoms with E-state index in [1.807, 2.05) is 12.3 Å². The van der Waals surface area contributed by atoms with Crippen LogP contribution >= 0.6 is 11.8 Å². The van der Waals surface area contributed by atoms with Crippen molar-refractivity contribution in [1.82, 2.24) is 15.8 Å². The molecule has 3 aromatic rings. The first kappa shape index (κ1) is 18.5. The van der Waals surface area contributed by atoms with Crippen molar-refractivity contribution in [2.45, 2.75) is 4.90 Å². The van der Waals surface area contributed by atoms with Crippen LogP contribution in [0.25, 0.3) is 0 Å². The third-order valence-electron chi connectivity index (χ3n) is 3.62. The van der Waals surface area contributed by atoms with E-state index in [0.717, 1.165) is 4.90 Å². The van der Waals surface area contributed by atoms with Gasteiger partial charge >= 0.3 is 0 Å². The summed E-state index contributed by atoms with van der Waals surface area (Å²) in [5.74, 6) is 0.453. The number of nitrogens with one attached hydrogen (secondary N) is 2. The van der Waals surface area contributed by atoms with Gasteiger partial charge in [-0.25, -0.2) is 0 Å². The largest absolute Gasteiger partial charge is 0.457 e. The van der Waals surface area contributed by atoms with Crippen LogP contribution in [0.3, 0.4) is 0 Å². The van der Waals surface area contributed by atoms with E-state index in [0.29, 0.717) is 22.6 Å². The van der Waals surface area contributed by atoms with Crippen molar-refractivity contribution in [2.24, 2.45) is 0 Å². The van der Waals surface area contributed by atoms with E-state index in [-0.39, 0.29) is 5.91 Å². The molecular formula is C20H17N3O3S. The van der Waals surface area contributed by atoms with E-state index < -0.39 is 5.91 Å². The van der Waals surface area contributed by atoms with Gasteiger partial charge in [-0.3, -0.25) is 25.4 Å². The molecule has 7 heteroatoms. The first-order valence-electron chi connectivity index (χ1n) is 8.08. The smallest absolute Gasteiger partial charge is 0.269 e. The fourth-order valence-corrected chi connectivity index (χ4v) is 2.70. The first-order valence-corrected chi connectivity index (χ1v) is 9.31. The van der Waals surface area contributed by atoms with E-state index in [1.165, 1.54) is 0 Å². The van der Waals surface area contributed by atoms with Gasteiger partial charge < -0.3 is 4.74 Å². The Kier molecular flexibility index (Phi) is 6.06. The van der Waals surface area contributed by atoms with Crippen LogP contribution < -0.4 is 15.6 Å².